The second-order valence-electron chi connectivity index (χ2n) is 8.80. The number of hydrogen-bond acceptors (Lipinski definition) is 5. The molecule has 1 aromatic heterocycles. The van der Waals surface area contributed by atoms with Crippen LogP contribution in [0.4, 0.5) is 0 Å². The third-order valence-electron chi connectivity index (χ3n) is 6.71. The molecule has 2 N–H and O–H groups in total. The second kappa shape index (κ2) is 10.2. The van der Waals surface area contributed by atoms with E-state index in [0.717, 1.165) is 16.5 Å². The van der Waals surface area contributed by atoms with Gasteiger partial charge < -0.3 is 24.5 Å². The van der Waals surface area contributed by atoms with Crippen molar-refractivity contribution in [1.82, 2.24) is 9.88 Å². The third-order valence-corrected chi connectivity index (χ3v) is 6.71. The van der Waals surface area contributed by atoms with Crippen LogP contribution in [-0.4, -0.2) is 46.9 Å². The monoisotopic (exact) mass is 496 g/mol. The smallest absolute Gasteiger partial charge is 0.295 e. The number of H-pyrrole nitrogens is 1. The molecule has 1 aliphatic rings. The summed E-state index contributed by atoms with van der Waals surface area (Å²) in [6.45, 7) is 2.69. The maximum atomic E-state index is 13.4. The van der Waals surface area contributed by atoms with E-state index in [1.807, 2.05) is 55.6 Å². The van der Waals surface area contributed by atoms with Crippen LogP contribution in [0.5, 0.6) is 11.5 Å². The van der Waals surface area contributed by atoms with Gasteiger partial charge in [0, 0.05) is 34.8 Å². The predicted octanol–water partition coefficient (Wildman–Crippen LogP) is 5.24. The number of methoxy groups -OCH3 is 1. The zero-order valence-corrected chi connectivity index (χ0v) is 20.7. The number of amides is 1. The summed E-state index contributed by atoms with van der Waals surface area (Å²) in [5.74, 6) is -0.417. The molecule has 1 fully saturated rings. The first-order valence-corrected chi connectivity index (χ1v) is 12.2. The third kappa shape index (κ3) is 4.44. The average molecular weight is 497 g/mol. The number of Topliss-reactive ketones (excluding diaryl/α,β-unsaturated/α-hetero) is 1. The summed E-state index contributed by atoms with van der Waals surface area (Å²) in [5, 5.41) is 12.4. The summed E-state index contributed by atoms with van der Waals surface area (Å²) >= 11 is 0. The van der Waals surface area contributed by atoms with E-state index in [2.05, 4.69) is 4.98 Å². The van der Waals surface area contributed by atoms with Gasteiger partial charge in [-0.15, -0.1) is 0 Å². The first kappa shape index (κ1) is 24.2. The number of likely N-dealkylation sites (tertiary alicyclic amines) is 1. The Morgan fingerprint density at radius 2 is 1.73 bits per heavy atom. The molecule has 7 heteroatoms. The van der Waals surface area contributed by atoms with Crippen LogP contribution in [0.2, 0.25) is 0 Å². The Hall–Kier alpha value is -4.52. The Kier molecular flexibility index (Phi) is 6.68. The number of ketones is 1. The number of nitrogens with one attached hydrogen (secondary N) is 1. The SMILES string of the molecule is CCOc1ccc(/C(O)=C2/C(=O)C(=O)N(CCc3c[nH]c4ccccc34)C2c2ccccc2OC)cc1. The fourth-order valence-electron chi connectivity index (χ4n) is 4.94. The molecule has 5 rings (SSSR count). The topological polar surface area (TPSA) is 91.9 Å². The summed E-state index contributed by atoms with van der Waals surface area (Å²) in [5.41, 5.74) is 3.16. The lowest BCUT2D eigenvalue weighted by Gasteiger charge is -2.26. The van der Waals surface area contributed by atoms with Crippen molar-refractivity contribution in [3.8, 4) is 11.5 Å². The molecular weight excluding hydrogens is 468 g/mol. The van der Waals surface area contributed by atoms with Gasteiger partial charge in [0.1, 0.15) is 17.3 Å². The van der Waals surface area contributed by atoms with E-state index in [1.54, 1.807) is 37.4 Å². The van der Waals surface area contributed by atoms with Crippen molar-refractivity contribution in [2.24, 2.45) is 0 Å². The standard InChI is InChI=1S/C30H28N2O5/c1-3-37-21-14-12-19(13-15-21)28(33)26-27(23-9-5-7-11-25(23)36-2)32(30(35)29(26)34)17-16-20-18-31-24-10-6-4-8-22(20)24/h4-15,18,27,31,33H,3,16-17H2,1-2H3/b28-26-. The Bertz CT molecular complexity index is 1490. The lowest BCUT2D eigenvalue weighted by atomic mass is 9.94. The van der Waals surface area contributed by atoms with Crippen molar-refractivity contribution in [2.45, 2.75) is 19.4 Å². The molecule has 1 aliphatic heterocycles. The number of aromatic amines is 1. The number of carbonyl (C=O) groups is 2. The highest BCUT2D eigenvalue weighted by Gasteiger charge is 2.46. The number of aliphatic hydroxyl groups is 1. The highest BCUT2D eigenvalue weighted by atomic mass is 16.5. The highest BCUT2D eigenvalue weighted by Crippen LogP contribution is 2.42. The normalized spacial score (nSPS) is 16.9. The number of benzene rings is 3. The van der Waals surface area contributed by atoms with Gasteiger partial charge >= 0.3 is 0 Å². The Labute approximate surface area is 214 Å². The molecule has 188 valence electrons. The maximum Gasteiger partial charge on any atom is 0.295 e. The quantitative estimate of drug-likeness (QED) is 0.198. The number of hydrogen-bond donors (Lipinski definition) is 2. The van der Waals surface area contributed by atoms with Crippen molar-refractivity contribution in [1.29, 1.82) is 0 Å². The minimum Gasteiger partial charge on any atom is -0.507 e. The van der Waals surface area contributed by atoms with Crippen molar-refractivity contribution in [2.75, 3.05) is 20.3 Å². The van der Waals surface area contributed by atoms with Crippen LogP contribution in [0.1, 0.15) is 29.7 Å². The van der Waals surface area contributed by atoms with Crippen LogP contribution in [-0.2, 0) is 16.0 Å². The maximum absolute atomic E-state index is 13.4. The first-order valence-electron chi connectivity index (χ1n) is 12.2. The Morgan fingerprint density at radius 3 is 2.49 bits per heavy atom. The number of fused-ring (bicyclic) bond motifs is 1. The molecule has 37 heavy (non-hydrogen) atoms. The van der Waals surface area contributed by atoms with E-state index in [-0.39, 0.29) is 17.9 Å². The number of nitrogens with zero attached hydrogens (tertiary/aromatic N) is 1. The number of aliphatic hydroxyl groups excluding tert-OH is 1. The van der Waals surface area contributed by atoms with Crippen LogP contribution < -0.4 is 9.47 Å². The van der Waals surface area contributed by atoms with Crippen molar-refractivity contribution < 1.29 is 24.2 Å². The fraction of sp³-hybridized carbons (Fsp3) is 0.200. The minimum atomic E-state index is -0.798. The zero-order chi connectivity index (χ0) is 25.9. The number of rotatable bonds is 8. The second-order valence-corrected chi connectivity index (χ2v) is 8.80. The van der Waals surface area contributed by atoms with Crippen LogP contribution in [0, 0.1) is 0 Å². The van der Waals surface area contributed by atoms with Gasteiger partial charge in [0.05, 0.1) is 25.3 Å². The van der Waals surface area contributed by atoms with E-state index in [4.69, 9.17) is 9.47 Å². The largest absolute Gasteiger partial charge is 0.507 e. The van der Waals surface area contributed by atoms with Gasteiger partial charge in [-0.1, -0.05) is 36.4 Å². The van der Waals surface area contributed by atoms with Crippen LogP contribution in [0.25, 0.3) is 16.7 Å². The molecule has 7 nitrogen and oxygen atoms in total. The zero-order valence-electron chi connectivity index (χ0n) is 20.7. The number of para-hydroxylation sites is 2. The average Bonchev–Trinajstić information content (AvgIpc) is 3.45. The predicted molar refractivity (Wildman–Crippen MR) is 142 cm³/mol. The van der Waals surface area contributed by atoms with Crippen LogP contribution in [0.3, 0.4) is 0 Å². The van der Waals surface area contributed by atoms with Gasteiger partial charge in [-0.2, -0.15) is 0 Å². The molecule has 0 spiro atoms. The summed E-state index contributed by atoms with van der Waals surface area (Å²) < 4.78 is 11.1. The van der Waals surface area contributed by atoms with Gasteiger partial charge in [0.15, 0.2) is 0 Å². The molecule has 0 aliphatic carbocycles. The van der Waals surface area contributed by atoms with Crippen molar-refractivity contribution in [3.05, 3.63) is 101 Å². The molecule has 1 saturated heterocycles. The summed E-state index contributed by atoms with van der Waals surface area (Å²) in [6, 6.07) is 21.2. The summed E-state index contributed by atoms with van der Waals surface area (Å²) in [6.07, 6.45) is 2.46. The van der Waals surface area contributed by atoms with E-state index < -0.39 is 17.7 Å². The minimum absolute atomic E-state index is 0.0394. The molecule has 0 radical (unpaired) electrons. The Balaban J connectivity index is 1.57. The van der Waals surface area contributed by atoms with Gasteiger partial charge in [0.2, 0.25) is 0 Å². The van der Waals surface area contributed by atoms with E-state index in [1.165, 1.54) is 4.90 Å². The summed E-state index contributed by atoms with van der Waals surface area (Å²) in [7, 11) is 1.55. The van der Waals surface area contributed by atoms with E-state index >= 15 is 0 Å². The van der Waals surface area contributed by atoms with Gasteiger partial charge in [0.25, 0.3) is 11.7 Å². The number of aromatic nitrogens is 1. The molecule has 1 unspecified atom stereocenters. The highest BCUT2D eigenvalue weighted by molar-refractivity contribution is 6.46. The molecule has 1 atom stereocenters. The van der Waals surface area contributed by atoms with Gasteiger partial charge in [-0.05, 0) is 55.3 Å². The van der Waals surface area contributed by atoms with E-state index in [0.29, 0.717) is 35.7 Å². The molecule has 4 aromatic rings. The molecule has 3 aromatic carbocycles. The lowest BCUT2D eigenvalue weighted by molar-refractivity contribution is -0.139. The van der Waals surface area contributed by atoms with E-state index in [9.17, 15) is 14.7 Å². The van der Waals surface area contributed by atoms with Crippen LogP contribution in [0.15, 0.2) is 84.6 Å². The molecule has 1 amide bonds. The first-order chi connectivity index (χ1) is 18.0. The molecule has 2 heterocycles. The lowest BCUT2D eigenvalue weighted by Crippen LogP contribution is -2.31. The molecular formula is C30H28N2O5. The van der Waals surface area contributed by atoms with Crippen molar-refractivity contribution >= 4 is 28.4 Å². The summed E-state index contributed by atoms with van der Waals surface area (Å²) in [4.78, 5) is 31.5. The number of carbonyl (C=O) groups excluding carboxylic acids is 2. The Morgan fingerprint density at radius 1 is 1.00 bits per heavy atom. The molecule has 0 bridgehead atoms. The van der Waals surface area contributed by atoms with Crippen molar-refractivity contribution in [3.63, 3.8) is 0 Å². The van der Waals surface area contributed by atoms with Gasteiger partial charge in [-0.25, -0.2) is 0 Å². The number of ether oxygens (including phenoxy) is 2. The fourth-order valence-corrected chi connectivity index (χ4v) is 4.94. The van der Waals surface area contributed by atoms with Crippen LogP contribution >= 0.6 is 0 Å². The van der Waals surface area contributed by atoms with Gasteiger partial charge in [-0.3, -0.25) is 9.59 Å². The molecule has 0 saturated carbocycles.